The minimum atomic E-state index is -0.111. The van der Waals surface area contributed by atoms with Crippen molar-refractivity contribution in [3.63, 3.8) is 0 Å². The second kappa shape index (κ2) is 6.53. The Morgan fingerprint density at radius 3 is 2.53 bits per heavy atom. The molecule has 3 nitrogen and oxygen atoms in total. The fourth-order valence-electron chi connectivity index (χ4n) is 1.89. The van der Waals surface area contributed by atoms with Crippen LogP contribution in [0.3, 0.4) is 0 Å². The summed E-state index contributed by atoms with van der Waals surface area (Å²) in [6, 6.07) is 5.59. The lowest BCUT2D eigenvalue weighted by Crippen LogP contribution is -2.44. The number of hydrogen-bond donors (Lipinski definition) is 2. The molecule has 2 N–H and O–H groups in total. The van der Waals surface area contributed by atoms with Crippen molar-refractivity contribution >= 4 is 21.8 Å². The smallest absolute Gasteiger partial charge is 0.252 e. The molecule has 0 aliphatic rings. The number of hydrogen-bond acceptors (Lipinski definition) is 2. The molecule has 0 bridgehead atoms. The van der Waals surface area contributed by atoms with E-state index in [2.05, 4.69) is 42.0 Å². The minimum absolute atomic E-state index is 0.0572. The first-order valence-corrected chi connectivity index (χ1v) is 7.23. The van der Waals surface area contributed by atoms with E-state index in [0.717, 1.165) is 10.0 Å². The number of rotatable bonds is 4. The Morgan fingerprint density at radius 2 is 2.05 bits per heavy atom. The summed E-state index contributed by atoms with van der Waals surface area (Å²) >= 11 is 3.42. The Balaban J connectivity index is 2.88. The van der Waals surface area contributed by atoms with Gasteiger partial charge in [-0.15, -0.1) is 0 Å². The van der Waals surface area contributed by atoms with Gasteiger partial charge in [-0.1, -0.05) is 26.8 Å². The lowest BCUT2D eigenvalue weighted by Gasteiger charge is -2.31. The van der Waals surface area contributed by atoms with Crippen molar-refractivity contribution in [2.75, 3.05) is 6.61 Å². The zero-order valence-corrected chi connectivity index (χ0v) is 13.5. The molecule has 0 heterocycles. The second-order valence-electron chi connectivity index (χ2n) is 5.89. The highest BCUT2D eigenvalue weighted by Gasteiger charge is 2.26. The van der Waals surface area contributed by atoms with Crippen molar-refractivity contribution in [2.45, 2.75) is 40.2 Å². The SMILES string of the molecule is Cc1ccc(C(=O)NC(CCO)C(C)(C)C)c(Br)c1. The van der Waals surface area contributed by atoms with E-state index in [4.69, 9.17) is 5.11 Å². The van der Waals surface area contributed by atoms with Gasteiger partial charge in [0, 0.05) is 17.1 Å². The average molecular weight is 328 g/mol. The molecule has 1 unspecified atom stereocenters. The standard InChI is InChI=1S/C15H22BrNO2/c1-10-5-6-11(12(16)9-10)14(19)17-13(7-8-18)15(2,3)4/h5-6,9,13,18H,7-8H2,1-4H3,(H,17,19). The van der Waals surface area contributed by atoms with Gasteiger partial charge in [-0.25, -0.2) is 0 Å². The molecule has 0 radical (unpaired) electrons. The average Bonchev–Trinajstić information content (AvgIpc) is 2.26. The Labute approximate surface area is 123 Å². The van der Waals surface area contributed by atoms with Crippen LogP contribution in [-0.2, 0) is 0 Å². The van der Waals surface area contributed by atoms with E-state index in [1.807, 2.05) is 25.1 Å². The largest absolute Gasteiger partial charge is 0.396 e. The number of aliphatic hydroxyl groups is 1. The first-order chi connectivity index (χ1) is 8.75. The van der Waals surface area contributed by atoms with E-state index in [0.29, 0.717) is 12.0 Å². The van der Waals surface area contributed by atoms with Crippen LogP contribution in [0.2, 0.25) is 0 Å². The number of nitrogens with one attached hydrogen (secondary N) is 1. The lowest BCUT2D eigenvalue weighted by atomic mass is 9.84. The van der Waals surface area contributed by atoms with Gasteiger partial charge in [0.2, 0.25) is 0 Å². The molecule has 0 aliphatic carbocycles. The van der Waals surface area contributed by atoms with Crippen molar-refractivity contribution in [1.29, 1.82) is 0 Å². The molecule has 4 heteroatoms. The molecule has 0 saturated heterocycles. The monoisotopic (exact) mass is 327 g/mol. The number of carbonyl (C=O) groups is 1. The summed E-state index contributed by atoms with van der Waals surface area (Å²) < 4.78 is 0.793. The van der Waals surface area contributed by atoms with Crippen LogP contribution in [0.5, 0.6) is 0 Å². The zero-order chi connectivity index (χ0) is 14.6. The number of aliphatic hydroxyl groups excluding tert-OH is 1. The van der Waals surface area contributed by atoms with Gasteiger partial charge in [-0.05, 0) is 52.4 Å². The first-order valence-electron chi connectivity index (χ1n) is 6.43. The summed E-state index contributed by atoms with van der Waals surface area (Å²) in [7, 11) is 0. The predicted molar refractivity (Wildman–Crippen MR) is 81.3 cm³/mol. The van der Waals surface area contributed by atoms with Crippen LogP contribution in [0, 0.1) is 12.3 Å². The molecular weight excluding hydrogens is 306 g/mol. The van der Waals surface area contributed by atoms with Crippen molar-refractivity contribution in [3.05, 3.63) is 33.8 Å². The Bertz CT molecular complexity index is 452. The molecular formula is C15H22BrNO2. The fraction of sp³-hybridized carbons (Fsp3) is 0.533. The number of aryl methyl sites for hydroxylation is 1. The maximum absolute atomic E-state index is 12.3. The number of halogens is 1. The van der Waals surface area contributed by atoms with Gasteiger partial charge in [0.15, 0.2) is 0 Å². The van der Waals surface area contributed by atoms with Crippen LogP contribution in [0.1, 0.15) is 43.1 Å². The normalized spacial score (nSPS) is 13.2. The van der Waals surface area contributed by atoms with Gasteiger partial charge in [-0.3, -0.25) is 4.79 Å². The molecule has 0 aliphatic heterocycles. The maximum Gasteiger partial charge on any atom is 0.252 e. The number of carbonyl (C=O) groups excluding carboxylic acids is 1. The van der Waals surface area contributed by atoms with Crippen LogP contribution in [0.4, 0.5) is 0 Å². The summed E-state index contributed by atoms with van der Waals surface area (Å²) in [6.45, 7) is 8.21. The van der Waals surface area contributed by atoms with Gasteiger partial charge >= 0.3 is 0 Å². The Hall–Kier alpha value is -0.870. The third-order valence-electron chi connectivity index (χ3n) is 3.14. The van der Waals surface area contributed by atoms with Gasteiger partial charge in [0.1, 0.15) is 0 Å². The van der Waals surface area contributed by atoms with Crippen molar-refractivity contribution in [2.24, 2.45) is 5.41 Å². The molecule has 106 valence electrons. The quantitative estimate of drug-likeness (QED) is 0.891. The van der Waals surface area contributed by atoms with E-state index in [1.165, 1.54) is 0 Å². The van der Waals surface area contributed by atoms with E-state index in [9.17, 15) is 4.79 Å². The first kappa shape index (κ1) is 16.2. The minimum Gasteiger partial charge on any atom is -0.396 e. The summed E-state index contributed by atoms with van der Waals surface area (Å²) in [5, 5.41) is 12.1. The van der Waals surface area contributed by atoms with Gasteiger partial charge < -0.3 is 10.4 Å². The summed E-state index contributed by atoms with van der Waals surface area (Å²) in [5.74, 6) is -0.111. The molecule has 1 aromatic carbocycles. The molecule has 0 spiro atoms. The molecule has 0 aromatic heterocycles. The van der Waals surface area contributed by atoms with Crippen molar-refractivity contribution in [3.8, 4) is 0 Å². The lowest BCUT2D eigenvalue weighted by molar-refractivity contribution is 0.0884. The van der Waals surface area contributed by atoms with Crippen molar-refractivity contribution in [1.82, 2.24) is 5.32 Å². The Morgan fingerprint density at radius 1 is 1.42 bits per heavy atom. The van der Waals surface area contributed by atoms with E-state index >= 15 is 0 Å². The zero-order valence-electron chi connectivity index (χ0n) is 12.0. The van der Waals surface area contributed by atoms with E-state index in [1.54, 1.807) is 0 Å². The van der Waals surface area contributed by atoms with Crippen molar-refractivity contribution < 1.29 is 9.90 Å². The molecule has 1 aromatic rings. The third kappa shape index (κ3) is 4.62. The van der Waals surface area contributed by atoms with Crippen LogP contribution in [0.15, 0.2) is 22.7 Å². The Kier molecular flexibility index (Phi) is 5.56. The number of amides is 1. The molecule has 0 fully saturated rings. The fourth-order valence-corrected chi connectivity index (χ4v) is 2.56. The third-order valence-corrected chi connectivity index (χ3v) is 3.79. The molecule has 0 saturated carbocycles. The van der Waals surface area contributed by atoms with Crippen LogP contribution < -0.4 is 5.32 Å². The predicted octanol–water partition coefficient (Wildman–Crippen LogP) is 3.28. The highest BCUT2D eigenvalue weighted by atomic mass is 79.9. The van der Waals surface area contributed by atoms with Gasteiger partial charge in [-0.2, -0.15) is 0 Å². The topological polar surface area (TPSA) is 49.3 Å². The van der Waals surface area contributed by atoms with Crippen LogP contribution in [-0.4, -0.2) is 23.7 Å². The molecule has 19 heavy (non-hydrogen) atoms. The summed E-state index contributed by atoms with van der Waals surface area (Å²) in [4.78, 5) is 12.3. The summed E-state index contributed by atoms with van der Waals surface area (Å²) in [5.41, 5.74) is 1.64. The molecule has 1 atom stereocenters. The highest BCUT2D eigenvalue weighted by molar-refractivity contribution is 9.10. The number of benzene rings is 1. The van der Waals surface area contributed by atoms with Gasteiger partial charge in [0.25, 0.3) is 5.91 Å². The summed E-state index contributed by atoms with van der Waals surface area (Å²) in [6.07, 6.45) is 0.554. The van der Waals surface area contributed by atoms with Crippen LogP contribution in [0.25, 0.3) is 0 Å². The molecule has 1 amide bonds. The maximum atomic E-state index is 12.3. The van der Waals surface area contributed by atoms with E-state index < -0.39 is 0 Å². The highest BCUT2D eigenvalue weighted by Crippen LogP contribution is 2.23. The van der Waals surface area contributed by atoms with E-state index in [-0.39, 0.29) is 24.0 Å². The second-order valence-corrected chi connectivity index (χ2v) is 6.74. The van der Waals surface area contributed by atoms with Gasteiger partial charge in [0.05, 0.1) is 5.56 Å². The van der Waals surface area contributed by atoms with Crippen LogP contribution >= 0.6 is 15.9 Å². The molecule has 1 rings (SSSR count).